The molecule has 1 aromatic carbocycles. The molecule has 4 unspecified atom stereocenters. The Morgan fingerprint density at radius 2 is 2.18 bits per heavy atom. The van der Waals surface area contributed by atoms with Gasteiger partial charge < -0.3 is 15.1 Å². The van der Waals surface area contributed by atoms with Gasteiger partial charge in [0.05, 0.1) is 5.75 Å². The van der Waals surface area contributed by atoms with Gasteiger partial charge >= 0.3 is 0 Å². The van der Waals surface area contributed by atoms with Crippen molar-refractivity contribution in [1.82, 2.24) is 15.6 Å². The molecule has 1 aliphatic heterocycles. The van der Waals surface area contributed by atoms with Crippen molar-refractivity contribution in [2.75, 3.05) is 5.75 Å². The number of thioether (sulfide) groups is 1. The van der Waals surface area contributed by atoms with E-state index in [1.54, 1.807) is 0 Å². The molecule has 6 nitrogen and oxygen atoms in total. The third-order valence-corrected chi connectivity index (χ3v) is 6.87. The average molecular weight is 402 g/mol. The van der Waals surface area contributed by atoms with Crippen LogP contribution >= 0.6 is 11.8 Å². The van der Waals surface area contributed by atoms with Crippen LogP contribution in [0.1, 0.15) is 39.5 Å². The predicted molar refractivity (Wildman–Crippen MR) is 109 cm³/mol. The van der Waals surface area contributed by atoms with Crippen LogP contribution < -0.4 is 10.6 Å². The van der Waals surface area contributed by atoms with Gasteiger partial charge in [0.25, 0.3) is 5.22 Å². The third-order valence-electron chi connectivity index (χ3n) is 6.04. The van der Waals surface area contributed by atoms with E-state index in [1.807, 2.05) is 24.3 Å². The van der Waals surface area contributed by atoms with E-state index in [4.69, 9.17) is 4.42 Å². The summed E-state index contributed by atoms with van der Waals surface area (Å²) in [7, 11) is 0. The molecule has 1 saturated heterocycles. The smallest absolute Gasteiger partial charge is 0.257 e. The fourth-order valence-electron chi connectivity index (χ4n) is 4.67. The molecule has 2 amide bonds. The minimum Gasteiger partial charge on any atom is -0.431 e. The maximum atomic E-state index is 12.4. The lowest BCUT2D eigenvalue weighted by Gasteiger charge is -2.45. The normalized spacial score (nSPS) is 27.5. The molecule has 4 rings (SSSR count). The molecule has 1 aromatic heterocycles. The van der Waals surface area contributed by atoms with Gasteiger partial charge in [-0.25, -0.2) is 4.98 Å². The van der Waals surface area contributed by atoms with Crippen LogP contribution in [0.15, 0.2) is 33.9 Å². The fourth-order valence-corrected chi connectivity index (χ4v) is 5.32. The van der Waals surface area contributed by atoms with Crippen LogP contribution in [0.25, 0.3) is 11.1 Å². The zero-order valence-corrected chi connectivity index (χ0v) is 17.1. The molecule has 28 heavy (non-hydrogen) atoms. The van der Waals surface area contributed by atoms with Gasteiger partial charge in [0.1, 0.15) is 5.52 Å². The summed E-state index contributed by atoms with van der Waals surface area (Å²) in [5, 5.41) is 6.81. The van der Waals surface area contributed by atoms with E-state index < -0.39 is 0 Å². The molecule has 2 fully saturated rings. The first-order valence-corrected chi connectivity index (χ1v) is 11.0. The summed E-state index contributed by atoms with van der Waals surface area (Å²) in [5.74, 6) is 1.90. The number of amides is 2. The predicted octanol–water partition coefficient (Wildman–Crippen LogP) is 3.37. The Labute approximate surface area is 169 Å². The van der Waals surface area contributed by atoms with Crippen LogP contribution in [0, 0.1) is 17.8 Å². The number of fused-ring (bicyclic) bond motifs is 2. The Bertz CT molecular complexity index is 832. The second-order valence-electron chi connectivity index (χ2n) is 8.26. The minimum atomic E-state index is -0.0155. The molecule has 2 N–H and O–H groups in total. The summed E-state index contributed by atoms with van der Waals surface area (Å²) in [5.41, 5.74) is 1.54. The van der Waals surface area contributed by atoms with Crippen LogP contribution in [0.5, 0.6) is 0 Å². The molecule has 2 aromatic rings. The highest BCUT2D eigenvalue weighted by atomic mass is 32.2. The lowest BCUT2D eigenvalue weighted by Crippen LogP contribution is -2.56. The van der Waals surface area contributed by atoms with Crippen molar-refractivity contribution in [2.45, 2.75) is 56.8 Å². The van der Waals surface area contributed by atoms with E-state index in [0.717, 1.165) is 30.4 Å². The zero-order chi connectivity index (χ0) is 19.7. The number of nitrogens with one attached hydrogen (secondary N) is 2. The number of carbonyl (C=O) groups excluding carboxylic acids is 2. The van der Waals surface area contributed by atoms with E-state index in [0.29, 0.717) is 29.4 Å². The summed E-state index contributed by atoms with van der Waals surface area (Å²) >= 11 is 1.31. The Kier molecular flexibility index (Phi) is 5.62. The maximum Gasteiger partial charge on any atom is 0.257 e. The van der Waals surface area contributed by atoms with E-state index in [2.05, 4.69) is 29.5 Å². The van der Waals surface area contributed by atoms with Crippen molar-refractivity contribution in [3.8, 4) is 0 Å². The average Bonchev–Trinajstić information content (AvgIpc) is 3.08. The van der Waals surface area contributed by atoms with Crippen molar-refractivity contribution < 1.29 is 14.0 Å². The van der Waals surface area contributed by atoms with Crippen molar-refractivity contribution in [3.63, 3.8) is 0 Å². The van der Waals surface area contributed by atoms with Gasteiger partial charge in [-0.3, -0.25) is 9.59 Å². The van der Waals surface area contributed by atoms with Gasteiger partial charge in [-0.2, -0.15) is 0 Å². The lowest BCUT2D eigenvalue weighted by molar-refractivity contribution is -0.128. The standard InChI is InChI=1S/C21H27N3O3S/c1-12(2)15-10-19(25)23-17-9-13(7-8-14(15)17)22-20(26)11-28-21-24-16-5-3-4-6-18(16)27-21/h3-6,12-15,17H,7-11H2,1-2H3,(H,22,26)(H,23,25). The Morgan fingerprint density at radius 3 is 2.96 bits per heavy atom. The van der Waals surface area contributed by atoms with E-state index in [1.165, 1.54) is 11.8 Å². The number of oxazole rings is 1. The topological polar surface area (TPSA) is 84.2 Å². The van der Waals surface area contributed by atoms with Crippen LogP contribution in [-0.4, -0.2) is 34.6 Å². The highest BCUT2D eigenvalue weighted by Crippen LogP contribution is 2.39. The third kappa shape index (κ3) is 4.19. The number of benzene rings is 1. The number of hydrogen-bond acceptors (Lipinski definition) is 5. The van der Waals surface area contributed by atoms with Gasteiger partial charge in [0.15, 0.2) is 5.58 Å². The lowest BCUT2D eigenvalue weighted by atomic mass is 9.67. The Balaban J connectivity index is 1.30. The van der Waals surface area contributed by atoms with Crippen LogP contribution in [0.4, 0.5) is 0 Å². The molecule has 0 radical (unpaired) electrons. The number of hydrogen-bond donors (Lipinski definition) is 2. The van der Waals surface area contributed by atoms with E-state index in [-0.39, 0.29) is 29.7 Å². The molecule has 2 aliphatic rings. The van der Waals surface area contributed by atoms with E-state index in [9.17, 15) is 9.59 Å². The fraction of sp³-hybridized carbons (Fsp3) is 0.571. The molecular formula is C21H27N3O3S. The van der Waals surface area contributed by atoms with Crippen molar-refractivity contribution >= 4 is 34.7 Å². The van der Waals surface area contributed by atoms with Crippen molar-refractivity contribution in [1.29, 1.82) is 0 Å². The monoisotopic (exact) mass is 401 g/mol. The molecule has 4 atom stereocenters. The molecule has 2 heterocycles. The van der Waals surface area contributed by atoms with Crippen molar-refractivity contribution in [3.05, 3.63) is 24.3 Å². The first-order valence-electron chi connectivity index (χ1n) is 10.1. The van der Waals surface area contributed by atoms with Crippen LogP contribution in [-0.2, 0) is 9.59 Å². The molecule has 0 spiro atoms. The minimum absolute atomic E-state index is 0.0155. The quantitative estimate of drug-likeness (QED) is 0.751. The van der Waals surface area contributed by atoms with Gasteiger partial charge in [0.2, 0.25) is 11.8 Å². The summed E-state index contributed by atoms with van der Waals surface area (Å²) in [6.07, 6.45) is 3.48. The van der Waals surface area contributed by atoms with Gasteiger partial charge in [-0.1, -0.05) is 37.7 Å². The van der Waals surface area contributed by atoms with Gasteiger partial charge in [-0.05, 0) is 49.1 Å². The van der Waals surface area contributed by atoms with Crippen molar-refractivity contribution in [2.24, 2.45) is 17.8 Å². The van der Waals surface area contributed by atoms with Crippen LogP contribution in [0.3, 0.4) is 0 Å². The SMILES string of the molecule is CC(C)C1CC(=O)NC2CC(NC(=O)CSc3nc4ccccc4o3)CCC21. The summed E-state index contributed by atoms with van der Waals surface area (Å²) < 4.78 is 5.65. The second kappa shape index (κ2) is 8.15. The summed E-state index contributed by atoms with van der Waals surface area (Å²) in [4.78, 5) is 28.9. The Hall–Kier alpha value is -2.02. The number of carbonyl (C=O) groups is 2. The highest BCUT2D eigenvalue weighted by molar-refractivity contribution is 7.99. The maximum absolute atomic E-state index is 12.4. The van der Waals surface area contributed by atoms with Gasteiger partial charge in [0, 0.05) is 18.5 Å². The first-order chi connectivity index (χ1) is 13.5. The zero-order valence-electron chi connectivity index (χ0n) is 16.3. The second-order valence-corrected chi connectivity index (χ2v) is 9.19. The molecule has 150 valence electrons. The van der Waals surface area contributed by atoms with Crippen LogP contribution in [0.2, 0.25) is 0 Å². The molecule has 0 bridgehead atoms. The highest BCUT2D eigenvalue weighted by Gasteiger charge is 2.41. The Morgan fingerprint density at radius 1 is 1.36 bits per heavy atom. The molecular weight excluding hydrogens is 374 g/mol. The largest absolute Gasteiger partial charge is 0.431 e. The van der Waals surface area contributed by atoms with Gasteiger partial charge in [-0.15, -0.1) is 0 Å². The summed E-state index contributed by atoms with van der Waals surface area (Å²) in [6, 6.07) is 7.87. The molecule has 7 heteroatoms. The first kappa shape index (κ1) is 19.3. The number of aromatic nitrogens is 1. The molecule has 1 aliphatic carbocycles. The number of piperidine rings is 1. The number of para-hydroxylation sites is 2. The number of rotatable bonds is 5. The molecule has 1 saturated carbocycles. The summed E-state index contributed by atoms with van der Waals surface area (Å²) in [6.45, 7) is 4.41. The number of nitrogens with zero attached hydrogens (tertiary/aromatic N) is 1. The van der Waals surface area contributed by atoms with E-state index >= 15 is 0 Å².